The highest BCUT2D eigenvalue weighted by Crippen LogP contribution is 2.39. The standard InChI is InChI=1S/C32H23BrF2N6O3S/c1-41(31-22(8-5-12-37-31)32(42)40-16-19-9-10-25(34)26(35)14-19)27-15-20(11-13-36-27)23-17-38-30-28(23)29(24(33)18-39-30)45(43,44)21-6-3-2-4-7-21/h2-15,17-18H,16H2,1H3,(H,38,39)(H,40,42). The average molecular weight is 690 g/mol. The molecule has 0 aliphatic rings. The van der Waals surface area contributed by atoms with Crippen LogP contribution in [-0.4, -0.2) is 41.3 Å². The van der Waals surface area contributed by atoms with E-state index >= 15 is 0 Å². The molecule has 13 heteroatoms. The molecule has 0 saturated carbocycles. The number of aromatic nitrogens is 4. The number of hydrogen-bond donors (Lipinski definition) is 2. The van der Waals surface area contributed by atoms with Crippen LogP contribution in [0.1, 0.15) is 15.9 Å². The zero-order valence-electron chi connectivity index (χ0n) is 23.5. The Morgan fingerprint density at radius 3 is 2.53 bits per heavy atom. The van der Waals surface area contributed by atoms with Crippen molar-refractivity contribution >= 4 is 54.3 Å². The summed E-state index contributed by atoms with van der Waals surface area (Å²) in [6.07, 6.45) is 6.24. The van der Waals surface area contributed by atoms with E-state index in [1.54, 1.807) is 78.9 Å². The first kappa shape index (κ1) is 30.0. The van der Waals surface area contributed by atoms with Crippen molar-refractivity contribution in [2.24, 2.45) is 0 Å². The van der Waals surface area contributed by atoms with Gasteiger partial charge in [-0.05, 0) is 75.6 Å². The molecule has 226 valence electrons. The van der Waals surface area contributed by atoms with Gasteiger partial charge in [0.2, 0.25) is 9.84 Å². The largest absolute Gasteiger partial charge is 0.348 e. The number of carbonyl (C=O) groups excluding carboxylic acids is 1. The quantitative estimate of drug-likeness (QED) is 0.185. The Morgan fingerprint density at radius 1 is 0.956 bits per heavy atom. The molecular weight excluding hydrogens is 666 g/mol. The van der Waals surface area contributed by atoms with E-state index in [1.807, 2.05) is 0 Å². The number of pyridine rings is 3. The molecule has 0 saturated heterocycles. The summed E-state index contributed by atoms with van der Waals surface area (Å²) in [6.45, 7) is -0.0276. The SMILES string of the molecule is CN(c1cc(-c2c[nH]c3ncc(Br)c(S(=O)(=O)c4ccccc4)c23)ccn1)c1ncccc1C(=O)NCc1ccc(F)c(F)c1. The van der Waals surface area contributed by atoms with E-state index in [2.05, 4.69) is 41.2 Å². The van der Waals surface area contributed by atoms with Crippen molar-refractivity contribution in [2.45, 2.75) is 16.3 Å². The van der Waals surface area contributed by atoms with Crippen molar-refractivity contribution in [3.05, 3.63) is 125 Å². The maximum atomic E-state index is 13.8. The van der Waals surface area contributed by atoms with Crippen LogP contribution in [0.3, 0.4) is 0 Å². The van der Waals surface area contributed by atoms with E-state index in [4.69, 9.17) is 0 Å². The first-order valence-corrected chi connectivity index (χ1v) is 15.8. The number of sulfone groups is 1. The number of fused-ring (bicyclic) bond motifs is 1. The summed E-state index contributed by atoms with van der Waals surface area (Å²) < 4.78 is 54.9. The summed E-state index contributed by atoms with van der Waals surface area (Å²) in [5.74, 6) is -1.74. The number of halogens is 3. The zero-order chi connectivity index (χ0) is 31.7. The van der Waals surface area contributed by atoms with Crippen molar-refractivity contribution in [1.29, 1.82) is 0 Å². The smallest absolute Gasteiger partial charge is 0.255 e. The van der Waals surface area contributed by atoms with Crippen molar-refractivity contribution in [1.82, 2.24) is 25.3 Å². The fourth-order valence-electron chi connectivity index (χ4n) is 4.90. The van der Waals surface area contributed by atoms with Gasteiger partial charge in [0.15, 0.2) is 11.6 Å². The number of nitrogens with one attached hydrogen (secondary N) is 2. The number of nitrogens with zero attached hydrogens (tertiary/aromatic N) is 4. The molecule has 6 aromatic rings. The monoisotopic (exact) mass is 688 g/mol. The lowest BCUT2D eigenvalue weighted by Crippen LogP contribution is -2.26. The van der Waals surface area contributed by atoms with Crippen LogP contribution >= 0.6 is 15.9 Å². The topological polar surface area (TPSA) is 121 Å². The molecule has 0 atom stereocenters. The van der Waals surface area contributed by atoms with Crippen molar-refractivity contribution in [3.8, 4) is 11.1 Å². The van der Waals surface area contributed by atoms with Crippen LogP contribution in [0.15, 0.2) is 112 Å². The van der Waals surface area contributed by atoms with E-state index in [1.165, 1.54) is 18.5 Å². The second-order valence-electron chi connectivity index (χ2n) is 9.95. The molecule has 6 rings (SSSR count). The Hall–Kier alpha value is -5.01. The minimum atomic E-state index is -3.94. The minimum Gasteiger partial charge on any atom is -0.348 e. The highest BCUT2D eigenvalue weighted by Gasteiger charge is 2.27. The number of rotatable bonds is 8. The molecule has 0 radical (unpaired) electrons. The summed E-state index contributed by atoms with van der Waals surface area (Å²) in [4.78, 5) is 31.4. The van der Waals surface area contributed by atoms with E-state index in [0.29, 0.717) is 43.8 Å². The molecule has 0 spiro atoms. The first-order chi connectivity index (χ1) is 21.6. The molecule has 0 fully saturated rings. The number of hydrogen-bond acceptors (Lipinski definition) is 7. The van der Waals surface area contributed by atoms with Gasteiger partial charge in [-0.1, -0.05) is 24.3 Å². The number of carbonyl (C=O) groups is 1. The maximum absolute atomic E-state index is 13.8. The highest BCUT2D eigenvalue weighted by molar-refractivity contribution is 9.10. The molecule has 1 amide bonds. The van der Waals surface area contributed by atoms with E-state index < -0.39 is 27.4 Å². The Morgan fingerprint density at radius 2 is 1.76 bits per heavy atom. The van der Waals surface area contributed by atoms with Gasteiger partial charge in [0, 0.05) is 49.3 Å². The van der Waals surface area contributed by atoms with E-state index in [9.17, 15) is 22.0 Å². The molecule has 0 aliphatic carbocycles. The van der Waals surface area contributed by atoms with Crippen LogP contribution in [-0.2, 0) is 16.4 Å². The predicted octanol–water partition coefficient (Wildman–Crippen LogP) is 6.59. The Labute approximate surface area is 265 Å². The number of anilines is 2. The lowest BCUT2D eigenvalue weighted by molar-refractivity contribution is 0.0951. The molecule has 45 heavy (non-hydrogen) atoms. The third-order valence-corrected chi connectivity index (χ3v) is 9.84. The van der Waals surface area contributed by atoms with Crippen LogP contribution in [0.2, 0.25) is 0 Å². The average Bonchev–Trinajstić information content (AvgIpc) is 3.49. The molecule has 0 bridgehead atoms. The molecule has 0 unspecified atom stereocenters. The summed E-state index contributed by atoms with van der Waals surface area (Å²) >= 11 is 3.41. The van der Waals surface area contributed by atoms with Gasteiger partial charge < -0.3 is 15.2 Å². The molecule has 4 heterocycles. The van der Waals surface area contributed by atoms with E-state index in [0.717, 1.165) is 12.1 Å². The van der Waals surface area contributed by atoms with Gasteiger partial charge in [-0.25, -0.2) is 32.2 Å². The fourth-order valence-corrected chi connectivity index (χ4v) is 7.37. The fraction of sp³-hybridized carbons (Fsp3) is 0.0625. The second kappa shape index (κ2) is 12.2. The Bertz CT molecular complexity index is 2180. The Balaban J connectivity index is 1.35. The number of H-pyrrole nitrogens is 1. The normalized spacial score (nSPS) is 11.5. The number of amides is 1. The summed E-state index contributed by atoms with van der Waals surface area (Å²) in [5, 5.41) is 3.12. The Kier molecular flexibility index (Phi) is 8.12. The van der Waals surface area contributed by atoms with Gasteiger partial charge in [0.25, 0.3) is 5.91 Å². The highest BCUT2D eigenvalue weighted by atomic mass is 79.9. The van der Waals surface area contributed by atoms with Gasteiger partial charge in [-0.2, -0.15) is 0 Å². The van der Waals surface area contributed by atoms with Crippen molar-refractivity contribution < 1.29 is 22.0 Å². The van der Waals surface area contributed by atoms with Gasteiger partial charge in [0.1, 0.15) is 17.3 Å². The summed E-state index contributed by atoms with van der Waals surface area (Å²) in [6, 6.07) is 18.3. The first-order valence-electron chi connectivity index (χ1n) is 13.5. The third-order valence-electron chi connectivity index (χ3n) is 7.12. The molecular formula is C32H23BrF2N6O3S. The zero-order valence-corrected chi connectivity index (χ0v) is 25.9. The third kappa shape index (κ3) is 5.79. The number of aromatic amines is 1. The molecule has 0 aliphatic heterocycles. The van der Waals surface area contributed by atoms with E-state index in [-0.39, 0.29) is 21.9 Å². The van der Waals surface area contributed by atoms with Crippen LogP contribution in [0, 0.1) is 11.6 Å². The van der Waals surface area contributed by atoms with Gasteiger partial charge >= 0.3 is 0 Å². The molecule has 2 aromatic carbocycles. The molecule has 4 aromatic heterocycles. The van der Waals surface area contributed by atoms with Gasteiger partial charge in [-0.15, -0.1) is 0 Å². The summed E-state index contributed by atoms with van der Waals surface area (Å²) in [7, 11) is -2.24. The van der Waals surface area contributed by atoms with Gasteiger partial charge in [-0.3, -0.25) is 4.79 Å². The van der Waals surface area contributed by atoms with Crippen LogP contribution < -0.4 is 10.2 Å². The van der Waals surface area contributed by atoms with Crippen LogP contribution in [0.25, 0.3) is 22.2 Å². The maximum Gasteiger partial charge on any atom is 0.255 e. The van der Waals surface area contributed by atoms with Crippen molar-refractivity contribution in [3.63, 3.8) is 0 Å². The van der Waals surface area contributed by atoms with Crippen LogP contribution in [0.5, 0.6) is 0 Å². The number of benzene rings is 2. The van der Waals surface area contributed by atoms with Crippen LogP contribution in [0.4, 0.5) is 20.4 Å². The lowest BCUT2D eigenvalue weighted by Gasteiger charge is -2.20. The summed E-state index contributed by atoms with van der Waals surface area (Å²) in [5.41, 5.74) is 2.23. The molecule has 2 N–H and O–H groups in total. The molecule has 9 nitrogen and oxygen atoms in total. The minimum absolute atomic E-state index is 0.0276. The van der Waals surface area contributed by atoms with Gasteiger partial charge in [0.05, 0.1) is 19.8 Å². The predicted molar refractivity (Wildman–Crippen MR) is 169 cm³/mol. The second-order valence-corrected chi connectivity index (χ2v) is 12.7. The lowest BCUT2D eigenvalue weighted by atomic mass is 10.1. The van der Waals surface area contributed by atoms with Crippen molar-refractivity contribution in [2.75, 3.05) is 11.9 Å².